The van der Waals surface area contributed by atoms with Crippen LogP contribution in [0.2, 0.25) is 0 Å². The van der Waals surface area contributed by atoms with Crippen LogP contribution in [0.25, 0.3) is 0 Å². The first-order valence-electron chi connectivity index (χ1n) is 7.04. The Balaban J connectivity index is 1.57. The lowest BCUT2D eigenvalue weighted by atomic mass is 10.1. The summed E-state index contributed by atoms with van der Waals surface area (Å²) in [4.78, 5) is 27.4. The average molecular weight is 251 g/mol. The van der Waals surface area contributed by atoms with Crippen molar-refractivity contribution in [3.63, 3.8) is 0 Å². The van der Waals surface area contributed by atoms with E-state index >= 15 is 0 Å². The lowest BCUT2D eigenvalue weighted by Crippen LogP contribution is -2.44. The van der Waals surface area contributed by atoms with E-state index in [0.29, 0.717) is 18.5 Å². The SMILES string of the molecule is O=C1CCCN1CC(=O)N1CCC2CCC(C1)N2. The molecule has 0 aliphatic carbocycles. The maximum Gasteiger partial charge on any atom is 0.242 e. The number of amides is 2. The van der Waals surface area contributed by atoms with Gasteiger partial charge in [0, 0.05) is 38.1 Å². The molecule has 3 saturated heterocycles. The molecule has 0 spiro atoms. The van der Waals surface area contributed by atoms with Crippen LogP contribution in [-0.4, -0.2) is 59.9 Å². The number of carbonyl (C=O) groups is 2. The summed E-state index contributed by atoms with van der Waals surface area (Å²) < 4.78 is 0. The first kappa shape index (κ1) is 12.0. The second kappa shape index (κ2) is 4.88. The summed E-state index contributed by atoms with van der Waals surface area (Å²) in [5.74, 6) is 0.261. The summed E-state index contributed by atoms with van der Waals surface area (Å²) in [5.41, 5.74) is 0. The Morgan fingerprint density at radius 2 is 2.06 bits per heavy atom. The van der Waals surface area contributed by atoms with E-state index in [1.807, 2.05) is 4.90 Å². The van der Waals surface area contributed by atoms with E-state index in [2.05, 4.69) is 5.32 Å². The van der Waals surface area contributed by atoms with E-state index in [0.717, 1.165) is 32.5 Å². The number of hydrogen-bond acceptors (Lipinski definition) is 3. The van der Waals surface area contributed by atoms with Gasteiger partial charge in [-0.1, -0.05) is 0 Å². The van der Waals surface area contributed by atoms with Crippen LogP contribution in [0.3, 0.4) is 0 Å². The summed E-state index contributed by atoms with van der Waals surface area (Å²) in [6, 6.07) is 1.07. The third kappa shape index (κ3) is 2.36. The molecule has 0 radical (unpaired) electrons. The molecular formula is C13H21N3O2. The summed E-state index contributed by atoms with van der Waals surface area (Å²) in [5, 5.41) is 3.57. The molecular weight excluding hydrogens is 230 g/mol. The van der Waals surface area contributed by atoms with E-state index in [1.165, 1.54) is 12.8 Å². The van der Waals surface area contributed by atoms with Gasteiger partial charge in [0.2, 0.25) is 11.8 Å². The second-order valence-electron chi connectivity index (χ2n) is 5.69. The zero-order chi connectivity index (χ0) is 12.5. The van der Waals surface area contributed by atoms with Crippen molar-refractivity contribution >= 4 is 11.8 Å². The molecule has 0 aromatic carbocycles. The minimum absolute atomic E-state index is 0.125. The van der Waals surface area contributed by atoms with Gasteiger partial charge in [0.05, 0.1) is 6.54 Å². The lowest BCUT2D eigenvalue weighted by Gasteiger charge is -2.26. The molecule has 2 amide bonds. The number of rotatable bonds is 2. The van der Waals surface area contributed by atoms with Gasteiger partial charge in [-0.25, -0.2) is 0 Å². The van der Waals surface area contributed by atoms with Gasteiger partial charge < -0.3 is 15.1 Å². The maximum atomic E-state index is 12.2. The first-order chi connectivity index (χ1) is 8.72. The molecule has 5 heteroatoms. The minimum Gasteiger partial charge on any atom is -0.340 e. The summed E-state index contributed by atoms with van der Waals surface area (Å²) >= 11 is 0. The number of carbonyl (C=O) groups excluding carboxylic acids is 2. The smallest absolute Gasteiger partial charge is 0.242 e. The molecule has 5 nitrogen and oxygen atoms in total. The van der Waals surface area contributed by atoms with Gasteiger partial charge >= 0.3 is 0 Å². The highest BCUT2D eigenvalue weighted by atomic mass is 16.2. The molecule has 0 aromatic rings. The molecule has 3 fully saturated rings. The average Bonchev–Trinajstić information content (AvgIpc) is 2.86. The fourth-order valence-corrected chi connectivity index (χ4v) is 3.30. The van der Waals surface area contributed by atoms with Crippen LogP contribution in [0, 0.1) is 0 Å². The number of likely N-dealkylation sites (tertiary alicyclic amines) is 2. The molecule has 3 aliphatic heterocycles. The van der Waals surface area contributed by atoms with E-state index in [4.69, 9.17) is 0 Å². The van der Waals surface area contributed by atoms with Crippen molar-refractivity contribution in [3.05, 3.63) is 0 Å². The van der Waals surface area contributed by atoms with Gasteiger partial charge in [-0.2, -0.15) is 0 Å². The van der Waals surface area contributed by atoms with Crippen molar-refractivity contribution in [2.45, 2.75) is 44.2 Å². The molecule has 2 unspecified atom stereocenters. The van der Waals surface area contributed by atoms with Gasteiger partial charge in [-0.15, -0.1) is 0 Å². The van der Waals surface area contributed by atoms with Crippen LogP contribution >= 0.6 is 0 Å². The van der Waals surface area contributed by atoms with Gasteiger partial charge in [-0.05, 0) is 25.7 Å². The number of fused-ring (bicyclic) bond motifs is 2. The van der Waals surface area contributed by atoms with Gasteiger partial charge in [0.15, 0.2) is 0 Å². The lowest BCUT2D eigenvalue weighted by molar-refractivity contribution is -0.138. The van der Waals surface area contributed by atoms with Crippen molar-refractivity contribution in [1.29, 1.82) is 0 Å². The molecule has 2 bridgehead atoms. The Labute approximate surface area is 107 Å². The Morgan fingerprint density at radius 3 is 2.83 bits per heavy atom. The summed E-state index contributed by atoms with van der Waals surface area (Å²) in [6.07, 6.45) is 4.99. The normalized spacial score (nSPS) is 31.9. The number of hydrogen-bond donors (Lipinski definition) is 1. The third-order valence-corrected chi connectivity index (χ3v) is 4.37. The highest BCUT2D eigenvalue weighted by molar-refractivity contribution is 5.85. The third-order valence-electron chi connectivity index (χ3n) is 4.37. The fraction of sp³-hybridized carbons (Fsp3) is 0.846. The van der Waals surface area contributed by atoms with Gasteiger partial charge in [0.25, 0.3) is 0 Å². The Morgan fingerprint density at radius 1 is 1.22 bits per heavy atom. The molecule has 3 heterocycles. The standard InChI is InChI=1S/C13H21N3O2/c17-12-2-1-6-15(12)9-13(18)16-7-5-10-3-4-11(8-16)14-10/h10-11,14H,1-9H2. The summed E-state index contributed by atoms with van der Waals surface area (Å²) in [7, 11) is 0. The van der Waals surface area contributed by atoms with Crippen LogP contribution in [-0.2, 0) is 9.59 Å². The first-order valence-corrected chi connectivity index (χ1v) is 7.04. The molecule has 1 N–H and O–H groups in total. The van der Waals surface area contributed by atoms with Crippen LogP contribution < -0.4 is 5.32 Å². The number of nitrogens with zero attached hydrogens (tertiary/aromatic N) is 2. The Kier molecular flexibility index (Phi) is 3.24. The molecule has 100 valence electrons. The monoisotopic (exact) mass is 251 g/mol. The highest BCUT2D eigenvalue weighted by Gasteiger charge is 2.32. The van der Waals surface area contributed by atoms with Crippen LogP contribution in [0.1, 0.15) is 32.1 Å². The largest absolute Gasteiger partial charge is 0.340 e. The summed E-state index contributed by atoms with van der Waals surface area (Å²) in [6.45, 7) is 2.70. The Bertz CT molecular complexity index is 358. The predicted molar refractivity (Wildman–Crippen MR) is 67.0 cm³/mol. The van der Waals surface area contributed by atoms with Crippen molar-refractivity contribution in [2.24, 2.45) is 0 Å². The van der Waals surface area contributed by atoms with Gasteiger partial charge in [0.1, 0.15) is 0 Å². The minimum atomic E-state index is 0.125. The van der Waals surface area contributed by atoms with E-state index in [1.54, 1.807) is 4.90 Å². The van der Waals surface area contributed by atoms with Crippen molar-refractivity contribution in [2.75, 3.05) is 26.2 Å². The molecule has 0 aromatic heterocycles. The molecule has 3 aliphatic rings. The molecule has 18 heavy (non-hydrogen) atoms. The fourth-order valence-electron chi connectivity index (χ4n) is 3.30. The van der Waals surface area contributed by atoms with Gasteiger partial charge in [-0.3, -0.25) is 9.59 Å². The molecule has 0 saturated carbocycles. The second-order valence-corrected chi connectivity index (χ2v) is 5.69. The van der Waals surface area contributed by atoms with Crippen molar-refractivity contribution in [1.82, 2.24) is 15.1 Å². The quantitative estimate of drug-likeness (QED) is 0.749. The topological polar surface area (TPSA) is 52.7 Å². The van der Waals surface area contributed by atoms with Crippen LogP contribution in [0.15, 0.2) is 0 Å². The van der Waals surface area contributed by atoms with E-state index in [-0.39, 0.29) is 18.4 Å². The van der Waals surface area contributed by atoms with Crippen molar-refractivity contribution < 1.29 is 9.59 Å². The Hall–Kier alpha value is -1.10. The van der Waals surface area contributed by atoms with Crippen LogP contribution in [0.4, 0.5) is 0 Å². The van der Waals surface area contributed by atoms with E-state index in [9.17, 15) is 9.59 Å². The zero-order valence-electron chi connectivity index (χ0n) is 10.7. The highest BCUT2D eigenvalue weighted by Crippen LogP contribution is 2.20. The van der Waals surface area contributed by atoms with E-state index < -0.39 is 0 Å². The maximum absolute atomic E-state index is 12.2. The zero-order valence-corrected chi connectivity index (χ0v) is 10.7. The molecule has 3 rings (SSSR count). The number of nitrogens with one attached hydrogen (secondary N) is 1. The van der Waals surface area contributed by atoms with Crippen molar-refractivity contribution in [3.8, 4) is 0 Å². The predicted octanol–water partition coefficient (Wildman–Crippen LogP) is -0.0383. The van der Waals surface area contributed by atoms with Crippen LogP contribution in [0.5, 0.6) is 0 Å². The molecule has 2 atom stereocenters.